The van der Waals surface area contributed by atoms with Crippen molar-refractivity contribution in [1.82, 2.24) is 0 Å². The summed E-state index contributed by atoms with van der Waals surface area (Å²) < 4.78 is 22.6. The maximum atomic E-state index is 11.6. The van der Waals surface area contributed by atoms with Crippen molar-refractivity contribution in [3.63, 3.8) is 0 Å². The summed E-state index contributed by atoms with van der Waals surface area (Å²) in [6, 6.07) is 8.67. The predicted molar refractivity (Wildman–Crippen MR) is 79.3 cm³/mol. The number of anilines is 1. The van der Waals surface area contributed by atoms with E-state index in [-0.39, 0.29) is 5.91 Å². The number of carboxylic acids is 1. The average Bonchev–Trinajstić information content (AvgIpc) is 2.37. The highest BCUT2D eigenvalue weighted by Gasteiger charge is 2.18. The summed E-state index contributed by atoms with van der Waals surface area (Å²) in [7, 11) is -3.84. The standard InChI is InChI=1S/C14H15NO5S/c1-11(16)15(12-7-4-3-5-8-12)10-6-9-13(14(17)18)21(2,19)20/h3-10H,1-2H3,(H,17,18)/b10-6+,13-9-. The fourth-order valence-corrected chi connectivity index (χ4v) is 2.17. The monoisotopic (exact) mass is 309 g/mol. The minimum atomic E-state index is -3.84. The molecule has 0 heterocycles. The zero-order chi connectivity index (χ0) is 16.0. The Morgan fingerprint density at radius 1 is 1.19 bits per heavy atom. The number of sulfone groups is 1. The second-order valence-corrected chi connectivity index (χ2v) is 6.16. The third-order valence-electron chi connectivity index (χ3n) is 2.47. The molecule has 0 saturated carbocycles. The third kappa shape index (κ3) is 4.88. The topological polar surface area (TPSA) is 91.8 Å². The molecule has 0 aliphatic heterocycles. The second-order valence-electron chi connectivity index (χ2n) is 4.17. The molecule has 0 atom stereocenters. The number of aliphatic carboxylic acids is 1. The zero-order valence-electron chi connectivity index (χ0n) is 11.6. The van der Waals surface area contributed by atoms with Gasteiger partial charge in [-0.2, -0.15) is 0 Å². The van der Waals surface area contributed by atoms with Gasteiger partial charge < -0.3 is 5.11 Å². The largest absolute Gasteiger partial charge is 0.477 e. The lowest BCUT2D eigenvalue weighted by Gasteiger charge is -2.15. The van der Waals surface area contributed by atoms with Gasteiger partial charge in [-0.05, 0) is 24.3 Å². The number of carboxylic acid groups (broad SMARTS) is 1. The number of para-hydroxylation sites is 1. The van der Waals surface area contributed by atoms with Gasteiger partial charge in [0.15, 0.2) is 14.7 Å². The van der Waals surface area contributed by atoms with Crippen LogP contribution in [0.15, 0.2) is 53.6 Å². The van der Waals surface area contributed by atoms with E-state index in [1.54, 1.807) is 30.3 Å². The van der Waals surface area contributed by atoms with Crippen LogP contribution < -0.4 is 4.90 Å². The molecule has 0 saturated heterocycles. The third-order valence-corrected chi connectivity index (χ3v) is 3.58. The number of carbonyl (C=O) groups is 2. The van der Waals surface area contributed by atoms with Gasteiger partial charge in [-0.25, -0.2) is 13.2 Å². The smallest absolute Gasteiger partial charge is 0.347 e. The number of allylic oxidation sites excluding steroid dienone is 2. The van der Waals surface area contributed by atoms with E-state index in [4.69, 9.17) is 5.11 Å². The lowest BCUT2D eigenvalue weighted by Crippen LogP contribution is -2.21. The quantitative estimate of drug-likeness (QED) is 0.658. The van der Waals surface area contributed by atoms with Gasteiger partial charge >= 0.3 is 5.97 Å². The molecular weight excluding hydrogens is 294 g/mol. The van der Waals surface area contributed by atoms with Crippen molar-refractivity contribution in [1.29, 1.82) is 0 Å². The summed E-state index contributed by atoms with van der Waals surface area (Å²) in [5.74, 6) is -1.83. The Hall–Kier alpha value is -2.41. The number of hydrogen-bond donors (Lipinski definition) is 1. The molecule has 0 radical (unpaired) electrons. The Balaban J connectivity index is 3.11. The molecule has 0 unspecified atom stereocenters. The molecule has 21 heavy (non-hydrogen) atoms. The molecule has 7 heteroatoms. The molecule has 0 spiro atoms. The van der Waals surface area contributed by atoms with E-state index in [1.807, 2.05) is 0 Å². The van der Waals surface area contributed by atoms with Crippen LogP contribution in [0.1, 0.15) is 6.92 Å². The summed E-state index contributed by atoms with van der Waals surface area (Å²) in [6.45, 7) is 1.34. The molecule has 6 nitrogen and oxygen atoms in total. The highest BCUT2D eigenvalue weighted by molar-refractivity contribution is 7.95. The maximum Gasteiger partial charge on any atom is 0.347 e. The number of rotatable bonds is 5. The molecule has 1 rings (SSSR count). The van der Waals surface area contributed by atoms with Gasteiger partial charge in [0.1, 0.15) is 0 Å². The van der Waals surface area contributed by atoms with Crippen molar-refractivity contribution in [2.75, 3.05) is 11.2 Å². The van der Waals surface area contributed by atoms with Gasteiger partial charge in [0.2, 0.25) is 5.91 Å². The van der Waals surface area contributed by atoms with Gasteiger partial charge in [0.25, 0.3) is 0 Å². The zero-order valence-corrected chi connectivity index (χ0v) is 12.4. The molecule has 112 valence electrons. The summed E-state index contributed by atoms with van der Waals surface area (Å²) in [5, 5.41) is 8.84. The Morgan fingerprint density at radius 2 is 1.76 bits per heavy atom. The van der Waals surface area contributed by atoms with Gasteiger partial charge in [0, 0.05) is 25.1 Å². The van der Waals surface area contributed by atoms with Crippen LogP contribution >= 0.6 is 0 Å². The van der Waals surface area contributed by atoms with E-state index >= 15 is 0 Å². The summed E-state index contributed by atoms with van der Waals surface area (Å²) in [5.41, 5.74) is 0.589. The van der Waals surface area contributed by atoms with E-state index in [9.17, 15) is 18.0 Å². The van der Waals surface area contributed by atoms with Crippen LogP contribution in [-0.2, 0) is 19.4 Å². The normalized spacial score (nSPS) is 12.4. The molecule has 0 fully saturated rings. The Morgan fingerprint density at radius 3 is 2.19 bits per heavy atom. The van der Waals surface area contributed by atoms with E-state index in [0.717, 1.165) is 12.3 Å². The molecule has 1 aromatic rings. The van der Waals surface area contributed by atoms with Gasteiger partial charge in [-0.15, -0.1) is 0 Å². The van der Waals surface area contributed by atoms with Crippen molar-refractivity contribution in [2.45, 2.75) is 6.92 Å². The summed E-state index contributed by atoms with van der Waals surface area (Å²) >= 11 is 0. The Bertz CT molecular complexity index is 689. The molecule has 1 N–H and O–H groups in total. The first kappa shape index (κ1) is 16.6. The van der Waals surface area contributed by atoms with Crippen molar-refractivity contribution in [3.8, 4) is 0 Å². The lowest BCUT2D eigenvalue weighted by molar-refractivity contribution is -0.131. The van der Waals surface area contributed by atoms with Gasteiger partial charge in [0.05, 0.1) is 0 Å². The van der Waals surface area contributed by atoms with Crippen molar-refractivity contribution in [2.24, 2.45) is 0 Å². The molecule has 0 bridgehead atoms. The van der Waals surface area contributed by atoms with Crippen LogP contribution in [0.25, 0.3) is 0 Å². The molecule has 1 aromatic carbocycles. The molecule has 0 aromatic heterocycles. The summed E-state index contributed by atoms with van der Waals surface area (Å²) in [6.07, 6.45) is 4.27. The first-order valence-corrected chi connectivity index (χ1v) is 7.79. The fourth-order valence-electron chi connectivity index (χ4n) is 1.53. The van der Waals surface area contributed by atoms with Crippen LogP contribution in [-0.4, -0.2) is 31.7 Å². The van der Waals surface area contributed by atoms with Crippen molar-refractivity contribution < 1.29 is 23.1 Å². The maximum absolute atomic E-state index is 11.6. The SMILES string of the molecule is CC(=O)N(/C=C/C=C(/C(=O)O)S(C)(=O)=O)c1ccccc1. The Kier molecular flexibility index (Phi) is 5.43. The lowest BCUT2D eigenvalue weighted by atomic mass is 10.3. The van der Waals surface area contributed by atoms with E-state index in [1.165, 1.54) is 24.1 Å². The fraction of sp³-hybridized carbons (Fsp3) is 0.143. The van der Waals surface area contributed by atoms with Crippen LogP contribution in [0.2, 0.25) is 0 Å². The van der Waals surface area contributed by atoms with Crippen LogP contribution in [0, 0.1) is 0 Å². The van der Waals surface area contributed by atoms with Gasteiger partial charge in [-0.3, -0.25) is 9.69 Å². The minimum Gasteiger partial charge on any atom is -0.477 e. The highest BCUT2D eigenvalue weighted by atomic mass is 32.2. The minimum absolute atomic E-state index is 0.290. The first-order valence-electron chi connectivity index (χ1n) is 5.90. The summed E-state index contributed by atoms with van der Waals surface area (Å²) in [4.78, 5) is 23.0. The second kappa shape index (κ2) is 6.85. The predicted octanol–water partition coefficient (Wildman–Crippen LogP) is 1.57. The number of carbonyl (C=O) groups excluding carboxylic acids is 1. The average molecular weight is 309 g/mol. The number of amides is 1. The van der Waals surface area contributed by atoms with E-state index in [2.05, 4.69) is 0 Å². The highest BCUT2D eigenvalue weighted by Crippen LogP contribution is 2.14. The Labute approximate surface area is 122 Å². The number of benzene rings is 1. The molecule has 0 aliphatic carbocycles. The first-order chi connectivity index (χ1) is 9.73. The van der Waals surface area contributed by atoms with Crippen LogP contribution in [0.3, 0.4) is 0 Å². The van der Waals surface area contributed by atoms with Crippen LogP contribution in [0.5, 0.6) is 0 Å². The number of hydrogen-bond acceptors (Lipinski definition) is 4. The molecule has 1 amide bonds. The van der Waals surface area contributed by atoms with E-state index < -0.39 is 20.7 Å². The van der Waals surface area contributed by atoms with Crippen molar-refractivity contribution >= 4 is 27.4 Å². The van der Waals surface area contributed by atoms with Gasteiger partial charge in [-0.1, -0.05) is 18.2 Å². The number of nitrogens with zero attached hydrogens (tertiary/aromatic N) is 1. The molecular formula is C14H15NO5S. The van der Waals surface area contributed by atoms with E-state index in [0.29, 0.717) is 5.69 Å². The van der Waals surface area contributed by atoms with Crippen LogP contribution in [0.4, 0.5) is 5.69 Å². The van der Waals surface area contributed by atoms with Crippen molar-refractivity contribution in [3.05, 3.63) is 53.6 Å². The molecule has 0 aliphatic rings.